The zero-order valence-corrected chi connectivity index (χ0v) is 43.3. The molecule has 4 amide bonds. The highest BCUT2D eigenvalue weighted by Gasteiger charge is 2.24. The summed E-state index contributed by atoms with van der Waals surface area (Å²) in [6, 6.07) is 15.0. The molecule has 8 rings (SSSR count). The summed E-state index contributed by atoms with van der Waals surface area (Å²) < 4.78 is 9.03. The van der Waals surface area contributed by atoms with E-state index < -0.39 is 0 Å². The molecule has 7 N–H and O–H groups in total. The first-order valence-corrected chi connectivity index (χ1v) is 26.4. The van der Waals surface area contributed by atoms with Crippen molar-refractivity contribution in [1.82, 2.24) is 56.2 Å². The third kappa shape index (κ3) is 14.7. The second-order valence-electron chi connectivity index (χ2n) is 18.7. The van der Waals surface area contributed by atoms with Gasteiger partial charge in [-0.25, -0.2) is 24.6 Å². The van der Waals surface area contributed by atoms with Crippen LogP contribution >= 0.6 is 22.7 Å². The van der Waals surface area contributed by atoms with Gasteiger partial charge in [0.25, 0.3) is 11.8 Å². The lowest BCUT2D eigenvalue weighted by Crippen LogP contribution is -2.38. The molecule has 4 atom stereocenters. The van der Waals surface area contributed by atoms with Gasteiger partial charge >= 0.3 is 0 Å². The van der Waals surface area contributed by atoms with Gasteiger partial charge in [0.15, 0.2) is 0 Å². The Morgan fingerprint density at radius 1 is 0.767 bits per heavy atom. The zero-order chi connectivity index (χ0) is 51.3. The molecule has 73 heavy (non-hydrogen) atoms. The van der Waals surface area contributed by atoms with Crippen LogP contribution < -0.4 is 42.1 Å². The van der Waals surface area contributed by atoms with Gasteiger partial charge in [-0.05, 0) is 103 Å². The number of thiazole rings is 2. The molecule has 384 valence electrons. The number of amides is 4. The molecule has 0 bridgehead atoms. The number of aromatic nitrogens is 7. The molecule has 0 saturated carbocycles. The van der Waals surface area contributed by atoms with Crippen molar-refractivity contribution in [2.75, 3.05) is 53.7 Å². The van der Waals surface area contributed by atoms with Gasteiger partial charge in [-0.15, -0.1) is 27.8 Å². The Hall–Kier alpha value is -7.30. The van der Waals surface area contributed by atoms with E-state index in [0.717, 1.165) is 51.3 Å². The molecule has 0 radical (unpaired) electrons. The van der Waals surface area contributed by atoms with Crippen LogP contribution in [0.25, 0.3) is 20.4 Å². The molecule has 1 saturated heterocycles. The lowest BCUT2D eigenvalue weighted by atomic mass is 9.98. The Labute approximate surface area is 431 Å². The maximum atomic E-state index is 14.1. The quantitative estimate of drug-likeness (QED) is 0.0315. The van der Waals surface area contributed by atoms with Crippen LogP contribution in [0.5, 0.6) is 0 Å². The van der Waals surface area contributed by atoms with E-state index in [9.17, 15) is 19.2 Å². The molecule has 0 spiro atoms. The maximum absolute atomic E-state index is 14.1. The largest absolute Gasteiger partial charge is 0.382 e. The number of ether oxygens (including phenoxy) is 1. The number of fused-ring (bicyclic) bond motifs is 2. The zero-order valence-electron chi connectivity index (χ0n) is 41.7. The third-order valence-corrected chi connectivity index (χ3v) is 13.7. The van der Waals surface area contributed by atoms with Gasteiger partial charge in [-0.3, -0.25) is 19.2 Å². The van der Waals surface area contributed by atoms with Crippen molar-refractivity contribution < 1.29 is 23.9 Å². The van der Waals surface area contributed by atoms with E-state index in [0.29, 0.717) is 79.6 Å². The summed E-state index contributed by atoms with van der Waals surface area (Å²) in [7, 11) is 0. The molecule has 20 nitrogen and oxygen atoms in total. The normalized spacial score (nSPS) is 14.8. The summed E-state index contributed by atoms with van der Waals surface area (Å²) in [5.74, 6) is 0.515. The summed E-state index contributed by atoms with van der Waals surface area (Å²) in [5, 5.41) is 30.2. The smallest absolute Gasteiger partial charge is 0.254 e. The van der Waals surface area contributed by atoms with E-state index in [4.69, 9.17) is 9.72 Å². The SMILES string of the molecule is CC(C)Nc1cc(N(CC(C)Nc2cc(Nc3ccc4ncsc4c3)ncc2C(=O)NCC[C@@H](C)NC(=O)CC2CCCOC2)c2ccc3ncsc3c2)ncc1C(=O)NCC[C@@H](C)NC(=O)Cn1ccnn1. The molecule has 1 aliphatic heterocycles. The van der Waals surface area contributed by atoms with Gasteiger partial charge in [-0.2, -0.15) is 0 Å². The lowest BCUT2D eigenvalue weighted by Gasteiger charge is -2.29. The number of rotatable bonds is 24. The van der Waals surface area contributed by atoms with Crippen LogP contribution in [0.2, 0.25) is 0 Å². The number of carbonyl (C=O) groups excluding carboxylic acids is 4. The first kappa shape index (κ1) is 52.0. The number of hydrogen-bond donors (Lipinski definition) is 7. The lowest BCUT2D eigenvalue weighted by molar-refractivity contribution is -0.124. The molecule has 22 heteroatoms. The maximum Gasteiger partial charge on any atom is 0.254 e. The van der Waals surface area contributed by atoms with Crippen LogP contribution in [-0.4, -0.2) is 116 Å². The number of hydrogen-bond acceptors (Lipinski definition) is 17. The minimum absolute atomic E-state index is 0.0106. The van der Waals surface area contributed by atoms with Gasteiger partial charge in [0.05, 0.1) is 60.2 Å². The van der Waals surface area contributed by atoms with Gasteiger partial charge in [0.1, 0.15) is 18.2 Å². The van der Waals surface area contributed by atoms with Gasteiger partial charge in [0.2, 0.25) is 11.8 Å². The van der Waals surface area contributed by atoms with Crippen molar-refractivity contribution >= 4 is 101 Å². The van der Waals surface area contributed by atoms with Crippen LogP contribution in [0.15, 0.2) is 84.3 Å². The highest BCUT2D eigenvalue weighted by Crippen LogP contribution is 2.33. The topological polar surface area (TPSA) is 247 Å². The number of nitrogens with zero attached hydrogens (tertiary/aromatic N) is 8. The fraction of sp³-hybridized carbons (Fsp3) is 0.412. The van der Waals surface area contributed by atoms with Crippen molar-refractivity contribution in [2.45, 2.75) is 97.4 Å². The number of nitrogens with one attached hydrogen (secondary N) is 7. The van der Waals surface area contributed by atoms with Gasteiger partial charge in [-0.1, -0.05) is 5.21 Å². The Morgan fingerprint density at radius 3 is 2.11 bits per heavy atom. The van der Waals surface area contributed by atoms with Crippen LogP contribution in [0.1, 0.15) is 87.4 Å². The summed E-state index contributed by atoms with van der Waals surface area (Å²) >= 11 is 3.09. The van der Waals surface area contributed by atoms with E-state index in [-0.39, 0.29) is 60.3 Å². The van der Waals surface area contributed by atoms with Crippen LogP contribution in [0.4, 0.5) is 34.4 Å². The predicted octanol–water partition coefficient (Wildman–Crippen LogP) is 7.26. The standard InChI is InChI=1S/C51H63N15O5S2/c1-31(2)59-43-23-47(55-25-39(43)51(70)53-15-13-33(4)62-49(68)27-65-17-16-58-64-65)66(37-9-11-41-45(21-37)73-30-57-41)26-34(5)60-42-22-46(63-36-8-10-40-44(20-36)72-29-56-40)54-24-38(42)50(69)52-14-12-32(3)61-48(67)19-35-7-6-18-71-28-35/h8-11,16-17,20-25,29-35H,6-7,12-15,18-19,26-28H2,1-5H3,(H,52,69)(H,53,70)(H,55,59)(H,61,67)(H,62,68)(H2,54,60,63)/t32-,33-,34?,35?/m1/s1. The molecule has 5 aromatic heterocycles. The summed E-state index contributed by atoms with van der Waals surface area (Å²) in [6.45, 7) is 12.3. The minimum atomic E-state index is -0.312. The average molecular weight is 1030 g/mol. The molecule has 7 aromatic rings. The van der Waals surface area contributed by atoms with Crippen LogP contribution in [-0.2, 0) is 20.9 Å². The first-order valence-electron chi connectivity index (χ1n) is 24.6. The Morgan fingerprint density at radius 2 is 1.44 bits per heavy atom. The van der Waals surface area contributed by atoms with E-state index in [2.05, 4.69) is 73.4 Å². The predicted molar refractivity (Wildman–Crippen MR) is 287 cm³/mol. The molecular formula is C51H63N15O5S2. The highest BCUT2D eigenvalue weighted by molar-refractivity contribution is 7.17. The van der Waals surface area contributed by atoms with E-state index in [1.807, 2.05) is 88.1 Å². The number of benzene rings is 2. The van der Waals surface area contributed by atoms with Crippen LogP contribution in [0.3, 0.4) is 0 Å². The van der Waals surface area contributed by atoms with E-state index in [1.165, 1.54) is 22.2 Å². The summed E-state index contributed by atoms with van der Waals surface area (Å²) in [6.07, 6.45) is 9.70. The second kappa shape index (κ2) is 24.9. The van der Waals surface area contributed by atoms with E-state index in [1.54, 1.807) is 29.9 Å². The molecule has 1 aliphatic rings. The minimum Gasteiger partial charge on any atom is -0.382 e. The highest BCUT2D eigenvalue weighted by atomic mass is 32.1. The monoisotopic (exact) mass is 1030 g/mol. The number of pyridine rings is 2. The van der Waals surface area contributed by atoms with Crippen molar-refractivity contribution in [3.8, 4) is 0 Å². The molecule has 6 heterocycles. The Bertz CT molecular complexity index is 2980. The summed E-state index contributed by atoms with van der Waals surface area (Å²) in [4.78, 5) is 73.7. The Kier molecular flexibility index (Phi) is 17.7. The number of carbonyl (C=O) groups is 4. The van der Waals surface area contributed by atoms with E-state index >= 15 is 0 Å². The van der Waals surface area contributed by atoms with Gasteiger partial charge in [0, 0.05) is 106 Å². The Balaban J connectivity index is 0.996. The molecule has 2 aromatic carbocycles. The van der Waals surface area contributed by atoms with Crippen LogP contribution in [0, 0.1) is 5.92 Å². The molecule has 0 aliphatic carbocycles. The first-order chi connectivity index (χ1) is 35.3. The van der Waals surface area contributed by atoms with Crippen molar-refractivity contribution in [2.24, 2.45) is 5.92 Å². The van der Waals surface area contributed by atoms with Crippen molar-refractivity contribution in [3.63, 3.8) is 0 Å². The molecule has 1 fully saturated rings. The van der Waals surface area contributed by atoms with Gasteiger partial charge < -0.3 is 46.9 Å². The fourth-order valence-corrected chi connectivity index (χ4v) is 9.95. The van der Waals surface area contributed by atoms with Crippen molar-refractivity contribution in [1.29, 1.82) is 0 Å². The number of anilines is 6. The molecular weight excluding hydrogens is 967 g/mol. The summed E-state index contributed by atoms with van der Waals surface area (Å²) in [5.41, 5.74) is 8.96. The fourth-order valence-electron chi connectivity index (χ4n) is 8.52. The second-order valence-corrected chi connectivity index (χ2v) is 20.5. The van der Waals surface area contributed by atoms with Crippen molar-refractivity contribution in [3.05, 3.63) is 95.5 Å². The average Bonchev–Trinajstić information content (AvgIpc) is 4.16. The molecule has 2 unspecified atom stereocenters. The third-order valence-electron chi connectivity index (χ3n) is 12.1.